The fourth-order valence-electron chi connectivity index (χ4n) is 1.02. The highest BCUT2D eigenvalue weighted by atomic mass is 35.5. The molecule has 0 amide bonds. The molecule has 6 heteroatoms. The zero-order valence-electron chi connectivity index (χ0n) is 7.43. The summed E-state index contributed by atoms with van der Waals surface area (Å²) in [6.07, 6.45) is -2.71. The van der Waals surface area contributed by atoms with E-state index in [4.69, 9.17) is 22.1 Å². The Kier molecular flexibility index (Phi) is 3.46. The van der Waals surface area contributed by atoms with Gasteiger partial charge in [0.25, 0.3) is 6.43 Å². The third-order valence-electron chi connectivity index (χ3n) is 1.72. The van der Waals surface area contributed by atoms with Crippen LogP contribution in [0, 0.1) is 0 Å². The number of rotatable bonds is 3. The van der Waals surface area contributed by atoms with Crippen LogP contribution >= 0.6 is 11.6 Å². The molecule has 0 aliphatic carbocycles. The van der Waals surface area contributed by atoms with Gasteiger partial charge in [0.05, 0.1) is 13.0 Å². The summed E-state index contributed by atoms with van der Waals surface area (Å²) in [5.74, 6) is -0.0330. The quantitative estimate of drug-likeness (QED) is 0.799. The van der Waals surface area contributed by atoms with Crippen molar-refractivity contribution in [3.8, 4) is 5.88 Å². The molecule has 0 radical (unpaired) electrons. The van der Waals surface area contributed by atoms with E-state index < -0.39 is 12.1 Å². The largest absolute Gasteiger partial charge is 0.481 e. The number of nitrogen functional groups attached to an aromatic ring is 1. The van der Waals surface area contributed by atoms with Crippen LogP contribution < -0.4 is 10.5 Å². The molecule has 0 aliphatic heterocycles. The van der Waals surface area contributed by atoms with Gasteiger partial charge >= 0.3 is 0 Å². The van der Waals surface area contributed by atoms with Crippen molar-refractivity contribution in [1.82, 2.24) is 4.98 Å². The minimum absolute atomic E-state index is 0.0617. The van der Waals surface area contributed by atoms with Crippen molar-refractivity contribution in [2.45, 2.75) is 12.3 Å². The van der Waals surface area contributed by atoms with Gasteiger partial charge in [-0.15, -0.1) is 11.6 Å². The predicted octanol–water partition coefficient (Wildman–Crippen LogP) is 2.35. The highest BCUT2D eigenvalue weighted by Gasteiger charge is 2.18. The van der Waals surface area contributed by atoms with Crippen LogP contribution in [0.5, 0.6) is 5.88 Å². The van der Waals surface area contributed by atoms with E-state index in [1.807, 2.05) is 0 Å². The highest BCUT2D eigenvalue weighted by Crippen LogP contribution is 2.29. The van der Waals surface area contributed by atoms with E-state index in [0.29, 0.717) is 0 Å². The number of nitrogens with two attached hydrogens (primary N) is 1. The van der Waals surface area contributed by atoms with E-state index in [1.54, 1.807) is 0 Å². The second-order valence-electron chi connectivity index (χ2n) is 2.55. The third kappa shape index (κ3) is 2.04. The molecule has 1 aromatic rings. The number of aromatic nitrogens is 1. The molecule has 0 aromatic carbocycles. The zero-order chi connectivity index (χ0) is 10.7. The van der Waals surface area contributed by atoms with E-state index in [0.717, 1.165) is 0 Å². The Morgan fingerprint density at radius 3 is 2.71 bits per heavy atom. The molecule has 0 bridgehead atoms. The van der Waals surface area contributed by atoms with Gasteiger partial charge in [-0.05, 0) is 0 Å². The molecule has 0 unspecified atom stereocenters. The normalized spacial score (nSPS) is 10.6. The lowest BCUT2D eigenvalue weighted by Crippen LogP contribution is -2.04. The average molecular weight is 223 g/mol. The second kappa shape index (κ2) is 4.41. The number of alkyl halides is 3. The Morgan fingerprint density at radius 2 is 2.29 bits per heavy atom. The predicted molar refractivity (Wildman–Crippen MR) is 49.7 cm³/mol. The molecule has 0 fully saturated rings. The minimum Gasteiger partial charge on any atom is -0.481 e. The number of ether oxygens (including phenoxy) is 1. The molecule has 0 spiro atoms. The number of nitrogens with zero attached hydrogens (tertiary/aromatic N) is 1. The Labute approximate surface area is 84.8 Å². The van der Waals surface area contributed by atoms with Crippen molar-refractivity contribution in [2.75, 3.05) is 12.8 Å². The maximum Gasteiger partial charge on any atom is 0.280 e. The topological polar surface area (TPSA) is 48.1 Å². The van der Waals surface area contributed by atoms with E-state index in [1.165, 1.54) is 13.2 Å². The molecular formula is C8H9ClF2N2O. The summed E-state index contributed by atoms with van der Waals surface area (Å²) in [4.78, 5) is 3.59. The first-order valence-corrected chi connectivity index (χ1v) is 4.31. The Balaban J connectivity index is 3.28. The second-order valence-corrected chi connectivity index (χ2v) is 2.82. The summed E-state index contributed by atoms with van der Waals surface area (Å²) in [6, 6.07) is 1.36. The first kappa shape index (κ1) is 11.0. The van der Waals surface area contributed by atoms with Gasteiger partial charge in [-0.2, -0.15) is 0 Å². The van der Waals surface area contributed by atoms with Gasteiger partial charge in [-0.25, -0.2) is 13.8 Å². The molecular weight excluding hydrogens is 214 g/mol. The van der Waals surface area contributed by atoms with Gasteiger partial charge < -0.3 is 10.5 Å². The number of methoxy groups -OCH3 is 1. The Bertz CT molecular complexity index is 333. The zero-order valence-corrected chi connectivity index (χ0v) is 8.18. The van der Waals surface area contributed by atoms with E-state index >= 15 is 0 Å². The smallest absolute Gasteiger partial charge is 0.280 e. The van der Waals surface area contributed by atoms with Crippen LogP contribution in [0.2, 0.25) is 0 Å². The Morgan fingerprint density at radius 1 is 1.64 bits per heavy atom. The average Bonchev–Trinajstić information content (AvgIpc) is 2.16. The molecule has 0 saturated carbocycles. The first-order valence-electron chi connectivity index (χ1n) is 3.77. The van der Waals surface area contributed by atoms with Gasteiger partial charge in [0.1, 0.15) is 5.69 Å². The van der Waals surface area contributed by atoms with Crippen molar-refractivity contribution in [3.63, 3.8) is 0 Å². The molecule has 0 atom stereocenters. The molecule has 3 nitrogen and oxygen atoms in total. The van der Waals surface area contributed by atoms with Crippen LogP contribution in [0.25, 0.3) is 0 Å². The summed E-state index contributed by atoms with van der Waals surface area (Å²) < 4.78 is 29.7. The highest BCUT2D eigenvalue weighted by molar-refractivity contribution is 6.17. The van der Waals surface area contributed by atoms with E-state index in [2.05, 4.69) is 4.98 Å². The van der Waals surface area contributed by atoms with Crippen molar-refractivity contribution in [1.29, 1.82) is 0 Å². The summed E-state index contributed by atoms with van der Waals surface area (Å²) in [5.41, 5.74) is 5.41. The van der Waals surface area contributed by atoms with E-state index in [-0.39, 0.29) is 23.0 Å². The van der Waals surface area contributed by atoms with Crippen LogP contribution in [0.1, 0.15) is 17.7 Å². The van der Waals surface area contributed by atoms with Gasteiger partial charge in [0.2, 0.25) is 5.88 Å². The van der Waals surface area contributed by atoms with E-state index in [9.17, 15) is 8.78 Å². The molecule has 0 aliphatic rings. The number of anilines is 1. The van der Waals surface area contributed by atoms with Crippen LogP contribution in [0.15, 0.2) is 6.07 Å². The maximum atomic E-state index is 12.5. The number of hydrogen-bond acceptors (Lipinski definition) is 3. The summed E-state index contributed by atoms with van der Waals surface area (Å²) in [6.45, 7) is 0. The lowest BCUT2D eigenvalue weighted by atomic mass is 10.2. The molecule has 2 N–H and O–H groups in total. The summed E-state index contributed by atoms with van der Waals surface area (Å²) in [5, 5.41) is 0. The standard InChI is InChI=1S/C8H9ClF2N2O/c1-14-6-2-5(12)4(3-9)7(13-6)8(10)11/h2,8H,3H2,1H3,(H2,12,13). The van der Waals surface area contributed by atoms with Gasteiger partial charge in [-0.3, -0.25) is 0 Å². The third-order valence-corrected chi connectivity index (χ3v) is 1.98. The summed E-state index contributed by atoms with van der Waals surface area (Å²) in [7, 11) is 1.33. The van der Waals surface area contributed by atoms with Crippen LogP contribution in [0.3, 0.4) is 0 Å². The van der Waals surface area contributed by atoms with Gasteiger partial charge in [-0.1, -0.05) is 0 Å². The molecule has 14 heavy (non-hydrogen) atoms. The number of pyridine rings is 1. The van der Waals surface area contributed by atoms with Crippen LogP contribution in [-0.2, 0) is 5.88 Å². The monoisotopic (exact) mass is 222 g/mol. The fourth-order valence-corrected chi connectivity index (χ4v) is 1.31. The van der Waals surface area contributed by atoms with Gasteiger partial charge in [0.15, 0.2) is 0 Å². The molecule has 1 rings (SSSR count). The van der Waals surface area contributed by atoms with Crippen molar-refractivity contribution < 1.29 is 13.5 Å². The number of halogens is 3. The summed E-state index contributed by atoms with van der Waals surface area (Å²) >= 11 is 5.48. The fraction of sp³-hybridized carbons (Fsp3) is 0.375. The van der Waals surface area contributed by atoms with Crippen LogP contribution in [-0.4, -0.2) is 12.1 Å². The van der Waals surface area contributed by atoms with Crippen molar-refractivity contribution in [2.24, 2.45) is 0 Å². The molecule has 1 aromatic heterocycles. The Hall–Kier alpha value is -1.10. The molecule has 78 valence electrons. The lowest BCUT2D eigenvalue weighted by Gasteiger charge is -2.10. The number of hydrogen-bond donors (Lipinski definition) is 1. The maximum absolute atomic E-state index is 12.5. The first-order chi connectivity index (χ1) is 6.60. The van der Waals surface area contributed by atoms with Crippen molar-refractivity contribution >= 4 is 17.3 Å². The molecule has 0 saturated heterocycles. The van der Waals surface area contributed by atoms with Crippen LogP contribution in [0.4, 0.5) is 14.5 Å². The SMILES string of the molecule is COc1cc(N)c(CCl)c(C(F)F)n1. The van der Waals surface area contributed by atoms with Crippen molar-refractivity contribution in [3.05, 3.63) is 17.3 Å². The minimum atomic E-state index is -2.71. The molecule has 1 heterocycles. The lowest BCUT2D eigenvalue weighted by molar-refractivity contribution is 0.144. The van der Waals surface area contributed by atoms with Gasteiger partial charge in [0, 0.05) is 17.3 Å².